The summed E-state index contributed by atoms with van der Waals surface area (Å²) < 4.78 is 19.8. The highest BCUT2D eigenvalue weighted by Crippen LogP contribution is 2.30. The number of aromatic nitrogens is 4. The molecule has 2 heterocycles. The molecule has 0 amide bonds. The second-order valence-corrected chi connectivity index (χ2v) is 4.86. The normalized spacial score (nSPS) is 10.9. The number of benzene rings is 1. The van der Waals surface area contributed by atoms with Crippen molar-refractivity contribution in [2.45, 2.75) is 0 Å². The Morgan fingerprint density at radius 1 is 1.32 bits per heavy atom. The Morgan fingerprint density at radius 3 is 2.95 bits per heavy atom. The summed E-state index contributed by atoms with van der Waals surface area (Å²) in [7, 11) is 0. The van der Waals surface area contributed by atoms with E-state index in [0.29, 0.717) is 15.5 Å². The molecule has 1 N–H and O–H groups in total. The average Bonchev–Trinajstić information content (AvgIpc) is 2.80. The van der Waals surface area contributed by atoms with Gasteiger partial charge < -0.3 is 4.74 Å². The minimum absolute atomic E-state index is 0.00994. The Labute approximate surface area is 119 Å². The molecule has 5 nitrogen and oxygen atoms in total. The first-order chi connectivity index (χ1) is 9.13. The summed E-state index contributed by atoms with van der Waals surface area (Å²) in [5, 5.41) is 6.97. The minimum atomic E-state index is -0.513. The summed E-state index contributed by atoms with van der Waals surface area (Å²) in [4.78, 5) is 7.86. The summed E-state index contributed by atoms with van der Waals surface area (Å²) in [6.07, 6.45) is 1.48. The van der Waals surface area contributed by atoms with Gasteiger partial charge in [-0.25, -0.2) is 4.39 Å². The molecule has 0 fully saturated rings. The van der Waals surface area contributed by atoms with E-state index in [-0.39, 0.29) is 16.9 Å². The first kappa shape index (κ1) is 12.3. The summed E-state index contributed by atoms with van der Waals surface area (Å²) in [5.41, 5.74) is 0.424. The van der Waals surface area contributed by atoms with E-state index in [9.17, 15) is 4.39 Å². The zero-order valence-corrected chi connectivity index (χ0v) is 11.5. The number of rotatable bonds is 2. The Morgan fingerprint density at radius 2 is 2.16 bits per heavy atom. The molecule has 3 rings (SSSR count). The number of nitrogens with zero attached hydrogens (tertiary/aromatic N) is 3. The average molecular weight is 344 g/mol. The Balaban J connectivity index is 2.07. The van der Waals surface area contributed by atoms with Crippen LogP contribution in [0.5, 0.6) is 11.6 Å². The fourth-order valence-corrected chi connectivity index (χ4v) is 2.02. The summed E-state index contributed by atoms with van der Waals surface area (Å²) in [6.45, 7) is 0. The highest BCUT2D eigenvalue weighted by atomic mass is 79.9. The third-order valence-electron chi connectivity index (χ3n) is 2.35. The third-order valence-corrected chi connectivity index (χ3v) is 3.01. The molecule has 0 saturated carbocycles. The van der Waals surface area contributed by atoms with Crippen molar-refractivity contribution in [2.24, 2.45) is 0 Å². The molecule has 0 aliphatic heterocycles. The number of aromatic amines is 1. The van der Waals surface area contributed by atoms with Crippen LogP contribution in [0.4, 0.5) is 4.39 Å². The van der Waals surface area contributed by atoms with Gasteiger partial charge in [-0.05, 0) is 29.8 Å². The van der Waals surface area contributed by atoms with Gasteiger partial charge in [-0.15, -0.1) is 0 Å². The number of halogens is 3. The molecule has 0 aliphatic carbocycles. The number of nitrogens with one attached hydrogen (secondary N) is 1. The molecule has 0 bridgehead atoms. The maximum Gasteiger partial charge on any atom is 0.234 e. The number of fused-ring (bicyclic) bond motifs is 1. The summed E-state index contributed by atoms with van der Waals surface area (Å²) in [5.74, 6) is -0.328. The van der Waals surface area contributed by atoms with Crippen molar-refractivity contribution in [3.05, 3.63) is 40.0 Å². The highest BCUT2D eigenvalue weighted by molar-refractivity contribution is 9.10. The fraction of sp³-hybridized carbons (Fsp3) is 0. The summed E-state index contributed by atoms with van der Waals surface area (Å²) in [6, 6.07) is 4.44. The van der Waals surface area contributed by atoms with Crippen LogP contribution in [0.1, 0.15) is 0 Å². The first-order valence-electron chi connectivity index (χ1n) is 5.13. The van der Waals surface area contributed by atoms with Crippen molar-refractivity contribution in [3.8, 4) is 11.6 Å². The van der Waals surface area contributed by atoms with Gasteiger partial charge in [-0.3, -0.25) is 5.10 Å². The minimum Gasteiger partial charge on any atom is -0.435 e. The SMILES string of the molecule is Fc1cc(Br)ccc1Oc1nc(Cl)nc2[nH]ncc12. The zero-order chi connectivity index (χ0) is 13.4. The van der Waals surface area contributed by atoms with Gasteiger partial charge >= 0.3 is 0 Å². The molecule has 3 aromatic rings. The van der Waals surface area contributed by atoms with Crippen LogP contribution in [0, 0.1) is 5.82 Å². The molecular formula is C11H5BrClFN4O. The molecule has 0 unspecified atom stereocenters. The predicted molar refractivity (Wildman–Crippen MR) is 70.9 cm³/mol. The van der Waals surface area contributed by atoms with Crippen molar-refractivity contribution in [1.29, 1.82) is 0 Å². The standard InChI is InChI=1S/C11H5BrClFN4O/c12-5-1-2-8(7(14)3-5)19-10-6-4-15-18-9(6)16-11(13)17-10/h1-4H,(H,15,16,17,18). The lowest BCUT2D eigenvalue weighted by molar-refractivity contribution is 0.431. The van der Waals surface area contributed by atoms with Crippen molar-refractivity contribution < 1.29 is 9.13 Å². The van der Waals surface area contributed by atoms with Crippen molar-refractivity contribution >= 4 is 38.6 Å². The molecule has 0 saturated heterocycles. The van der Waals surface area contributed by atoms with Crippen LogP contribution in [0.25, 0.3) is 11.0 Å². The van der Waals surface area contributed by atoms with Crippen LogP contribution >= 0.6 is 27.5 Å². The van der Waals surface area contributed by atoms with E-state index in [1.54, 1.807) is 6.07 Å². The third kappa shape index (κ3) is 2.39. The number of H-pyrrole nitrogens is 1. The Bertz CT molecular complexity index is 764. The lowest BCUT2D eigenvalue weighted by atomic mass is 10.3. The molecule has 8 heteroatoms. The number of ether oxygens (including phenoxy) is 1. The van der Waals surface area contributed by atoms with Crippen LogP contribution in [0.3, 0.4) is 0 Å². The number of hydrogen-bond donors (Lipinski definition) is 1. The molecule has 0 radical (unpaired) electrons. The maximum absolute atomic E-state index is 13.7. The molecule has 19 heavy (non-hydrogen) atoms. The highest BCUT2D eigenvalue weighted by Gasteiger charge is 2.13. The van der Waals surface area contributed by atoms with Gasteiger partial charge in [0.25, 0.3) is 0 Å². The topological polar surface area (TPSA) is 63.7 Å². The van der Waals surface area contributed by atoms with Gasteiger partial charge in [0.2, 0.25) is 11.2 Å². The van der Waals surface area contributed by atoms with E-state index in [0.717, 1.165) is 0 Å². The van der Waals surface area contributed by atoms with Gasteiger partial charge in [0.05, 0.1) is 6.20 Å². The van der Waals surface area contributed by atoms with E-state index in [2.05, 4.69) is 36.1 Å². The van der Waals surface area contributed by atoms with Crippen LogP contribution < -0.4 is 4.74 Å². The van der Waals surface area contributed by atoms with Gasteiger partial charge in [-0.2, -0.15) is 15.1 Å². The van der Waals surface area contributed by atoms with Crippen LogP contribution in [-0.2, 0) is 0 Å². The van der Waals surface area contributed by atoms with Gasteiger partial charge in [0, 0.05) is 4.47 Å². The second kappa shape index (κ2) is 4.75. The van der Waals surface area contributed by atoms with Gasteiger partial charge in [0.1, 0.15) is 5.39 Å². The van der Waals surface area contributed by atoms with E-state index in [1.165, 1.54) is 18.3 Å². The molecule has 0 spiro atoms. The molecule has 1 aromatic carbocycles. The van der Waals surface area contributed by atoms with Crippen molar-refractivity contribution in [3.63, 3.8) is 0 Å². The van der Waals surface area contributed by atoms with Crippen LogP contribution in [0.15, 0.2) is 28.9 Å². The van der Waals surface area contributed by atoms with E-state index < -0.39 is 5.82 Å². The van der Waals surface area contributed by atoms with E-state index in [4.69, 9.17) is 16.3 Å². The van der Waals surface area contributed by atoms with E-state index >= 15 is 0 Å². The second-order valence-electron chi connectivity index (χ2n) is 3.61. The van der Waals surface area contributed by atoms with Gasteiger partial charge in [0.15, 0.2) is 17.2 Å². The van der Waals surface area contributed by atoms with E-state index in [1.807, 2.05) is 0 Å². The fourth-order valence-electron chi connectivity index (χ4n) is 1.52. The molecular weight excluding hydrogens is 339 g/mol. The zero-order valence-electron chi connectivity index (χ0n) is 9.19. The number of hydrogen-bond acceptors (Lipinski definition) is 4. The molecule has 0 atom stereocenters. The first-order valence-corrected chi connectivity index (χ1v) is 6.30. The van der Waals surface area contributed by atoms with Gasteiger partial charge in [-0.1, -0.05) is 15.9 Å². The smallest absolute Gasteiger partial charge is 0.234 e. The van der Waals surface area contributed by atoms with Crippen LogP contribution in [0.2, 0.25) is 5.28 Å². The van der Waals surface area contributed by atoms with Crippen molar-refractivity contribution in [1.82, 2.24) is 20.2 Å². The lowest BCUT2D eigenvalue weighted by Crippen LogP contribution is -1.94. The molecule has 96 valence electrons. The maximum atomic E-state index is 13.7. The predicted octanol–water partition coefficient (Wildman–Crippen LogP) is 3.70. The Hall–Kier alpha value is -1.73. The molecule has 2 aromatic heterocycles. The van der Waals surface area contributed by atoms with Crippen LogP contribution in [-0.4, -0.2) is 20.2 Å². The lowest BCUT2D eigenvalue weighted by Gasteiger charge is -2.06. The largest absolute Gasteiger partial charge is 0.435 e. The van der Waals surface area contributed by atoms with Crippen molar-refractivity contribution in [2.75, 3.05) is 0 Å². The Kier molecular flexibility index (Phi) is 3.08. The monoisotopic (exact) mass is 342 g/mol. The summed E-state index contributed by atoms with van der Waals surface area (Å²) >= 11 is 8.93. The molecule has 0 aliphatic rings. The quantitative estimate of drug-likeness (QED) is 0.721.